The second-order valence-electron chi connectivity index (χ2n) is 3.94. The highest BCUT2D eigenvalue weighted by Gasteiger charge is 2.07. The van der Waals surface area contributed by atoms with E-state index in [9.17, 15) is 19.2 Å². The van der Waals surface area contributed by atoms with Gasteiger partial charge in [0.25, 0.3) is 0 Å². The minimum Gasteiger partial charge on any atom is -0.481 e. The van der Waals surface area contributed by atoms with Crippen molar-refractivity contribution in [3.05, 3.63) is 0 Å². The molecule has 20 heavy (non-hydrogen) atoms. The Morgan fingerprint density at radius 2 is 1.00 bits per heavy atom. The van der Waals surface area contributed by atoms with Crippen LogP contribution >= 0.6 is 0 Å². The molecule has 0 spiro atoms. The van der Waals surface area contributed by atoms with Gasteiger partial charge in [-0.25, -0.2) is 0 Å². The third kappa shape index (κ3) is 12.3. The lowest BCUT2D eigenvalue weighted by Gasteiger charge is -2.04. The van der Waals surface area contributed by atoms with Gasteiger partial charge >= 0.3 is 23.9 Å². The van der Waals surface area contributed by atoms with Crippen LogP contribution in [-0.2, 0) is 28.7 Å². The quantitative estimate of drug-likeness (QED) is 0.418. The number of carbonyl (C=O) groups is 4. The Balaban J connectivity index is 3.46. The molecule has 0 aromatic heterocycles. The first-order valence-corrected chi connectivity index (χ1v) is 6.16. The number of aliphatic carboxylic acids is 2. The smallest absolute Gasteiger partial charge is 0.306 e. The highest BCUT2D eigenvalue weighted by molar-refractivity contribution is 5.72. The summed E-state index contributed by atoms with van der Waals surface area (Å²) in [6, 6.07) is 0. The van der Waals surface area contributed by atoms with Crippen molar-refractivity contribution in [1.29, 1.82) is 0 Å². The summed E-state index contributed by atoms with van der Waals surface area (Å²) in [5.41, 5.74) is 0. The van der Waals surface area contributed by atoms with E-state index in [1.807, 2.05) is 0 Å². The van der Waals surface area contributed by atoms with E-state index in [4.69, 9.17) is 10.2 Å². The number of carbonyl (C=O) groups excluding carboxylic acids is 2. The average Bonchev–Trinajstić information content (AvgIpc) is 2.33. The van der Waals surface area contributed by atoms with Gasteiger partial charge in [-0.05, 0) is 12.8 Å². The summed E-state index contributed by atoms with van der Waals surface area (Å²) in [7, 11) is 0. The number of ether oxygens (including phenoxy) is 2. The average molecular weight is 290 g/mol. The normalized spacial score (nSPS) is 9.80. The second-order valence-corrected chi connectivity index (χ2v) is 3.94. The lowest BCUT2D eigenvalue weighted by atomic mass is 10.2. The summed E-state index contributed by atoms with van der Waals surface area (Å²) in [4.78, 5) is 42.6. The van der Waals surface area contributed by atoms with E-state index in [1.54, 1.807) is 0 Å². The van der Waals surface area contributed by atoms with E-state index in [0.717, 1.165) is 0 Å². The van der Waals surface area contributed by atoms with Crippen LogP contribution in [0.1, 0.15) is 38.5 Å². The fourth-order valence-electron chi connectivity index (χ4n) is 1.19. The molecule has 0 aromatic rings. The molecule has 0 rings (SSSR count). The molecule has 0 heterocycles. The maximum Gasteiger partial charge on any atom is 0.306 e. The third-order valence-corrected chi connectivity index (χ3v) is 2.17. The van der Waals surface area contributed by atoms with Crippen molar-refractivity contribution in [2.75, 3.05) is 13.2 Å². The van der Waals surface area contributed by atoms with Crippen molar-refractivity contribution in [1.82, 2.24) is 0 Å². The SMILES string of the molecule is O=C(O)CCOC(=O)CCCCC(=O)OCCC(=O)O. The van der Waals surface area contributed by atoms with E-state index in [-0.39, 0.29) is 38.9 Å². The summed E-state index contributed by atoms with van der Waals surface area (Å²) in [6.07, 6.45) is 0.563. The fourth-order valence-corrected chi connectivity index (χ4v) is 1.19. The molecule has 0 unspecified atom stereocenters. The van der Waals surface area contributed by atoms with Gasteiger partial charge < -0.3 is 19.7 Å². The topological polar surface area (TPSA) is 127 Å². The van der Waals surface area contributed by atoms with Crippen LogP contribution in [0.3, 0.4) is 0 Å². The maximum absolute atomic E-state index is 11.1. The molecule has 0 saturated carbocycles. The fraction of sp³-hybridized carbons (Fsp3) is 0.667. The molecule has 0 aliphatic heterocycles. The molecule has 0 fully saturated rings. The zero-order chi connectivity index (χ0) is 15.4. The van der Waals surface area contributed by atoms with Gasteiger partial charge in [0.05, 0.1) is 12.8 Å². The van der Waals surface area contributed by atoms with Gasteiger partial charge in [-0.1, -0.05) is 0 Å². The third-order valence-electron chi connectivity index (χ3n) is 2.17. The van der Waals surface area contributed by atoms with Crippen molar-refractivity contribution in [2.24, 2.45) is 0 Å². The molecule has 114 valence electrons. The number of hydrogen-bond donors (Lipinski definition) is 2. The summed E-state index contributed by atoms with van der Waals surface area (Å²) >= 11 is 0. The van der Waals surface area contributed by atoms with Crippen LogP contribution in [0.25, 0.3) is 0 Å². The molecule has 0 bridgehead atoms. The molecule has 8 nitrogen and oxygen atoms in total. The predicted octanol–water partition coefficient (Wildman–Crippen LogP) is 0.583. The number of unbranched alkanes of at least 4 members (excludes halogenated alkanes) is 1. The van der Waals surface area contributed by atoms with Crippen molar-refractivity contribution in [2.45, 2.75) is 38.5 Å². The highest BCUT2D eigenvalue weighted by atomic mass is 16.5. The highest BCUT2D eigenvalue weighted by Crippen LogP contribution is 2.03. The predicted molar refractivity (Wildman–Crippen MR) is 64.9 cm³/mol. The molecule has 0 amide bonds. The van der Waals surface area contributed by atoms with Gasteiger partial charge in [-0.15, -0.1) is 0 Å². The number of hydrogen-bond acceptors (Lipinski definition) is 6. The monoisotopic (exact) mass is 290 g/mol. The van der Waals surface area contributed by atoms with Crippen LogP contribution in [0.5, 0.6) is 0 Å². The van der Waals surface area contributed by atoms with Crippen LogP contribution in [0.4, 0.5) is 0 Å². The Hall–Kier alpha value is -2.12. The molecular weight excluding hydrogens is 272 g/mol. The standard InChI is InChI=1S/C12H18O8/c13-9(14)5-7-19-11(17)3-1-2-4-12(18)20-8-6-10(15)16/h1-8H2,(H,13,14)(H,15,16). The lowest BCUT2D eigenvalue weighted by molar-refractivity contribution is -0.149. The maximum atomic E-state index is 11.1. The van der Waals surface area contributed by atoms with Crippen LogP contribution in [-0.4, -0.2) is 47.3 Å². The first-order chi connectivity index (χ1) is 9.41. The van der Waals surface area contributed by atoms with Crippen molar-refractivity contribution >= 4 is 23.9 Å². The summed E-state index contributed by atoms with van der Waals surface area (Å²) < 4.78 is 9.30. The Morgan fingerprint density at radius 1 is 0.650 bits per heavy atom. The minimum atomic E-state index is -1.04. The number of carboxylic acids is 2. The molecule has 2 N–H and O–H groups in total. The molecule has 0 saturated heterocycles. The van der Waals surface area contributed by atoms with Crippen LogP contribution in [0.15, 0.2) is 0 Å². The van der Waals surface area contributed by atoms with Gasteiger partial charge in [0, 0.05) is 12.8 Å². The van der Waals surface area contributed by atoms with Gasteiger partial charge in [0.2, 0.25) is 0 Å². The number of carboxylic acid groups (broad SMARTS) is 2. The van der Waals surface area contributed by atoms with E-state index in [0.29, 0.717) is 12.8 Å². The number of rotatable bonds is 11. The Kier molecular flexibility index (Phi) is 9.63. The molecule has 0 aliphatic carbocycles. The van der Waals surface area contributed by atoms with Crippen LogP contribution < -0.4 is 0 Å². The molecular formula is C12H18O8. The molecule has 0 aromatic carbocycles. The van der Waals surface area contributed by atoms with E-state index < -0.39 is 23.9 Å². The summed E-state index contributed by atoms with van der Waals surface area (Å²) in [5, 5.41) is 16.7. The zero-order valence-corrected chi connectivity index (χ0v) is 11.0. The molecule has 0 radical (unpaired) electrons. The van der Waals surface area contributed by atoms with Crippen molar-refractivity contribution in [3.63, 3.8) is 0 Å². The van der Waals surface area contributed by atoms with E-state index in [1.165, 1.54) is 0 Å². The van der Waals surface area contributed by atoms with Crippen LogP contribution in [0.2, 0.25) is 0 Å². The largest absolute Gasteiger partial charge is 0.481 e. The Labute approximate surface area is 115 Å². The molecule has 8 heteroatoms. The Bertz CT molecular complexity index is 315. The van der Waals surface area contributed by atoms with E-state index >= 15 is 0 Å². The zero-order valence-electron chi connectivity index (χ0n) is 11.0. The van der Waals surface area contributed by atoms with Gasteiger partial charge in [-0.2, -0.15) is 0 Å². The molecule has 0 aliphatic rings. The molecule has 0 atom stereocenters. The first kappa shape index (κ1) is 17.9. The van der Waals surface area contributed by atoms with Gasteiger partial charge in [0.15, 0.2) is 0 Å². The summed E-state index contributed by atoms with van der Waals surface area (Å²) in [5.74, 6) is -3.10. The van der Waals surface area contributed by atoms with Crippen molar-refractivity contribution in [3.8, 4) is 0 Å². The van der Waals surface area contributed by atoms with Crippen molar-refractivity contribution < 1.29 is 38.9 Å². The van der Waals surface area contributed by atoms with Crippen LogP contribution in [0, 0.1) is 0 Å². The first-order valence-electron chi connectivity index (χ1n) is 6.16. The van der Waals surface area contributed by atoms with Gasteiger partial charge in [0.1, 0.15) is 13.2 Å². The lowest BCUT2D eigenvalue weighted by Crippen LogP contribution is -2.10. The summed E-state index contributed by atoms with van der Waals surface area (Å²) in [6.45, 7) is -0.323. The number of esters is 2. The van der Waals surface area contributed by atoms with E-state index in [2.05, 4.69) is 9.47 Å². The Morgan fingerprint density at radius 3 is 1.30 bits per heavy atom. The second kappa shape index (κ2) is 10.8. The van der Waals surface area contributed by atoms with Gasteiger partial charge in [-0.3, -0.25) is 19.2 Å². The minimum absolute atomic E-state index is 0.0992.